The van der Waals surface area contributed by atoms with Crippen LogP contribution in [0.15, 0.2) is 60.5 Å². The maximum Gasteiger partial charge on any atom is 0.328 e. The molecule has 6 nitrogen and oxygen atoms in total. The Labute approximate surface area is 177 Å². The second-order valence-electron chi connectivity index (χ2n) is 7.02. The van der Waals surface area contributed by atoms with Gasteiger partial charge in [0.25, 0.3) is 0 Å². The average molecular weight is 416 g/mol. The highest BCUT2D eigenvalue weighted by Crippen LogP contribution is 2.26. The number of amides is 1. The van der Waals surface area contributed by atoms with E-state index in [0.29, 0.717) is 18.5 Å². The van der Waals surface area contributed by atoms with Crippen LogP contribution in [0.3, 0.4) is 0 Å². The minimum absolute atomic E-state index is 0.0228. The number of benzene rings is 1. The summed E-state index contributed by atoms with van der Waals surface area (Å²) in [4.78, 5) is 32.1. The number of hydrogen-bond acceptors (Lipinski definition) is 5. The first kappa shape index (κ1) is 23.5. The van der Waals surface area contributed by atoms with Gasteiger partial charge in [0.1, 0.15) is 11.9 Å². The summed E-state index contributed by atoms with van der Waals surface area (Å²) in [7, 11) is 2.75. The van der Waals surface area contributed by atoms with Crippen molar-refractivity contribution in [3.8, 4) is 0 Å². The van der Waals surface area contributed by atoms with E-state index < -0.39 is 18.1 Å². The zero-order valence-corrected chi connectivity index (χ0v) is 17.7. The average Bonchev–Trinajstić information content (AvgIpc) is 2.76. The molecule has 1 aromatic carbocycles. The molecule has 1 unspecified atom stereocenters. The molecule has 1 heterocycles. The Kier molecular flexibility index (Phi) is 8.95. The number of ether oxygens (including phenoxy) is 1. The highest BCUT2D eigenvalue weighted by atomic mass is 19.1. The van der Waals surface area contributed by atoms with Gasteiger partial charge in [0.2, 0.25) is 5.91 Å². The van der Waals surface area contributed by atoms with Gasteiger partial charge in [-0.25, -0.2) is 9.18 Å². The molecule has 0 aromatic heterocycles. The standard InChI is InChI=1S/C23H29FN2O4/c1-5-9-17(20(24)6-2)12-19(25-30-4)14-22(27)26-15-18-11-8-7-10-16(18)13-21(26)23(28)29-3/h5-11,19,21,25H,1,12-15H2,2-4H3/b17-9-,20-6+/t19?,21-/m0/s1. The number of hydroxylamine groups is 1. The van der Waals surface area contributed by atoms with Gasteiger partial charge in [0, 0.05) is 25.4 Å². The molecule has 0 aliphatic carbocycles. The molecule has 162 valence electrons. The molecule has 0 fully saturated rings. The first-order valence-electron chi connectivity index (χ1n) is 9.81. The molecular formula is C23H29FN2O4. The Bertz CT molecular complexity index is 834. The third kappa shape index (κ3) is 5.87. The molecule has 0 saturated carbocycles. The Balaban J connectivity index is 2.23. The second kappa shape index (κ2) is 11.4. The molecule has 1 N–H and O–H groups in total. The Morgan fingerprint density at radius 1 is 1.30 bits per heavy atom. The van der Waals surface area contributed by atoms with E-state index in [9.17, 15) is 14.0 Å². The van der Waals surface area contributed by atoms with Crippen LogP contribution in [0.2, 0.25) is 0 Å². The molecule has 2 rings (SSSR count). The van der Waals surface area contributed by atoms with Crippen molar-refractivity contribution in [3.05, 3.63) is 71.6 Å². The molecule has 0 spiro atoms. The molecule has 1 aromatic rings. The van der Waals surface area contributed by atoms with E-state index in [0.717, 1.165) is 11.1 Å². The minimum atomic E-state index is -0.698. The van der Waals surface area contributed by atoms with Crippen molar-refractivity contribution >= 4 is 11.9 Å². The lowest BCUT2D eigenvalue weighted by atomic mass is 9.93. The maximum atomic E-state index is 14.2. The fraction of sp³-hybridized carbons (Fsp3) is 0.391. The molecule has 30 heavy (non-hydrogen) atoms. The van der Waals surface area contributed by atoms with Crippen LogP contribution in [0.5, 0.6) is 0 Å². The van der Waals surface area contributed by atoms with Gasteiger partial charge in [-0.3, -0.25) is 4.79 Å². The molecule has 7 heteroatoms. The summed E-state index contributed by atoms with van der Waals surface area (Å²) in [6.45, 7) is 5.53. The fourth-order valence-corrected chi connectivity index (χ4v) is 3.62. The monoisotopic (exact) mass is 416 g/mol. The van der Waals surface area contributed by atoms with Gasteiger partial charge in [0.05, 0.1) is 14.2 Å². The quantitative estimate of drug-likeness (QED) is 0.380. The number of esters is 1. The number of carbonyl (C=O) groups excluding carboxylic acids is 2. The van der Waals surface area contributed by atoms with Crippen LogP contribution >= 0.6 is 0 Å². The van der Waals surface area contributed by atoms with Crippen molar-refractivity contribution in [2.45, 2.75) is 44.8 Å². The van der Waals surface area contributed by atoms with Gasteiger partial charge in [-0.05, 0) is 30.0 Å². The molecule has 0 saturated heterocycles. The zero-order valence-electron chi connectivity index (χ0n) is 17.7. The van der Waals surface area contributed by atoms with E-state index in [2.05, 4.69) is 12.1 Å². The van der Waals surface area contributed by atoms with Crippen LogP contribution in [0.4, 0.5) is 4.39 Å². The number of rotatable bonds is 9. The smallest absolute Gasteiger partial charge is 0.328 e. The van der Waals surface area contributed by atoms with Crippen molar-refractivity contribution < 1.29 is 23.6 Å². The highest BCUT2D eigenvalue weighted by molar-refractivity contribution is 5.85. The number of nitrogens with one attached hydrogen (secondary N) is 1. The maximum absolute atomic E-state index is 14.2. The molecule has 1 aliphatic heterocycles. The third-order valence-electron chi connectivity index (χ3n) is 5.09. The van der Waals surface area contributed by atoms with Crippen LogP contribution in [0, 0.1) is 0 Å². The number of nitrogens with zero attached hydrogens (tertiary/aromatic N) is 1. The van der Waals surface area contributed by atoms with Gasteiger partial charge in [0.15, 0.2) is 0 Å². The number of halogens is 1. The zero-order chi connectivity index (χ0) is 22.1. The van der Waals surface area contributed by atoms with Crippen molar-refractivity contribution in [2.24, 2.45) is 0 Å². The topological polar surface area (TPSA) is 67.9 Å². The summed E-state index contributed by atoms with van der Waals surface area (Å²) in [6, 6.07) is 6.52. The normalized spacial score (nSPS) is 17.9. The molecule has 1 aliphatic rings. The summed E-state index contributed by atoms with van der Waals surface area (Å²) in [6.07, 6.45) is 5.06. The SMILES string of the molecule is C=C/C=C(CC(CC(=O)N1Cc2ccccc2C[C@H]1C(=O)OC)NOC)\C(F)=C/C. The number of allylic oxidation sites excluding steroid dienone is 4. The summed E-state index contributed by atoms with van der Waals surface area (Å²) in [5, 5.41) is 0. The van der Waals surface area contributed by atoms with E-state index in [4.69, 9.17) is 9.57 Å². The van der Waals surface area contributed by atoms with Crippen LogP contribution in [-0.4, -0.2) is 43.1 Å². The first-order valence-corrected chi connectivity index (χ1v) is 9.81. The lowest BCUT2D eigenvalue weighted by Gasteiger charge is -2.36. The van der Waals surface area contributed by atoms with Gasteiger partial charge < -0.3 is 14.5 Å². The van der Waals surface area contributed by atoms with E-state index in [-0.39, 0.29) is 24.6 Å². The fourth-order valence-electron chi connectivity index (χ4n) is 3.62. The van der Waals surface area contributed by atoms with E-state index in [1.165, 1.54) is 31.3 Å². The second-order valence-corrected chi connectivity index (χ2v) is 7.02. The Hall–Kier alpha value is -2.77. The van der Waals surface area contributed by atoms with Crippen molar-refractivity contribution in [1.82, 2.24) is 10.4 Å². The van der Waals surface area contributed by atoms with Crippen molar-refractivity contribution in [2.75, 3.05) is 14.2 Å². The first-order chi connectivity index (χ1) is 14.4. The van der Waals surface area contributed by atoms with E-state index in [1.807, 2.05) is 24.3 Å². The van der Waals surface area contributed by atoms with Crippen LogP contribution in [0.25, 0.3) is 0 Å². The summed E-state index contributed by atoms with van der Waals surface area (Å²) < 4.78 is 19.1. The lowest BCUT2D eigenvalue weighted by molar-refractivity contribution is -0.154. The highest BCUT2D eigenvalue weighted by Gasteiger charge is 2.36. The van der Waals surface area contributed by atoms with Gasteiger partial charge in [-0.1, -0.05) is 49.1 Å². The van der Waals surface area contributed by atoms with Gasteiger partial charge in [-0.2, -0.15) is 5.48 Å². The van der Waals surface area contributed by atoms with Gasteiger partial charge >= 0.3 is 5.97 Å². The molecular weight excluding hydrogens is 387 g/mol. The van der Waals surface area contributed by atoms with Crippen LogP contribution in [-0.2, 0) is 32.1 Å². The number of carbonyl (C=O) groups is 2. The predicted molar refractivity (Wildman–Crippen MR) is 113 cm³/mol. The van der Waals surface area contributed by atoms with Gasteiger partial charge in [-0.15, -0.1) is 0 Å². The molecule has 1 amide bonds. The van der Waals surface area contributed by atoms with Crippen molar-refractivity contribution in [3.63, 3.8) is 0 Å². The molecule has 2 atom stereocenters. The van der Waals surface area contributed by atoms with Crippen molar-refractivity contribution in [1.29, 1.82) is 0 Å². The summed E-state index contributed by atoms with van der Waals surface area (Å²) in [5.41, 5.74) is 5.19. The Morgan fingerprint density at radius 3 is 2.60 bits per heavy atom. The third-order valence-corrected chi connectivity index (χ3v) is 5.09. The largest absolute Gasteiger partial charge is 0.467 e. The number of fused-ring (bicyclic) bond motifs is 1. The lowest BCUT2D eigenvalue weighted by Crippen LogP contribution is -2.50. The molecule has 0 bridgehead atoms. The minimum Gasteiger partial charge on any atom is -0.467 e. The van der Waals surface area contributed by atoms with E-state index >= 15 is 0 Å². The van der Waals surface area contributed by atoms with E-state index in [1.54, 1.807) is 13.0 Å². The summed E-state index contributed by atoms with van der Waals surface area (Å²) in [5.74, 6) is -1.08. The predicted octanol–water partition coefficient (Wildman–Crippen LogP) is 3.40. The van der Waals surface area contributed by atoms with Crippen LogP contribution in [0.1, 0.15) is 30.9 Å². The number of hydrogen-bond donors (Lipinski definition) is 1. The molecule has 0 radical (unpaired) electrons. The van der Waals surface area contributed by atoms with Crippen LogP contribution < -0.4 is 5.48 Å². The Morgan fingerprint density at radius 2 is 2.00 bits per heavy atom. The summed E-state index contributed by atoms with van der Waals surface area (Å²) >= 11 is 0. The number of methoxy groups -OCH3 is 1.